The van der Waals surface area contributed by atoms with Gasteiger partial charge in [-0.25, -0.2) is 0 Å². The lowest BCUT2D eigenvalue weighted by atomic mass is 9.93. The Bertz CT molecular complexity index is 454. The number of carbonyl (C=O) groups is 1. The van der Waals surface area contributed by atoms with Gasteiger partial charge in [-0.1, -0.05) is 41.5 Å². The minimum absolute atomic E-state index is 0.0772. The van der Waals surface area contributed by atoms with Gasteiger partial charge in [0.25, 0.3) is 0 Å². The zero-order valence-electron chi connectivity index (χ0n) is 17.5. The Morgan fingerprint density at radius 2 is 1.25 bits per heavy atom. The van der Waals surface area contributed by atoms with Crippen molar-refractivity contribution in [2.75, 3.05) is 0 Å². The first kappa shape index (κ1) is 22.1. The van der Waals surface area contributed by atoms with Crippen LogP contribution in [0.25, 0.3) is 0 Å². The second-order valence-electron chi connectivity index (χ2n) is 10.1. The molecule has 1 aliphatic heterocycles. The van der Waals surface area contributed by atoms with Crippen molar-refractivity contribution < 1.29 is 18.4 Å². The van der Waals surface area contributed by atoms with E-state index in [4.69, 9.17) is 13.6 Å². The van der Waals surface area contributed by atoms with Gasteiger partial charge in [-0.3, -0.25) is 0 Å². The smallest absolute Gasteiger partial charge is 0.192 e. The minimum atomic E-state index is -2.02. The van der Waals surface area contributed by atoms with Crippen LogP contribution in [-0.4, -0.2) is 55.1 Å². The minimum Gasteiger partial charge on any atom is -0.409 e. The van der Waals surface area contributed by atoms with Crippen molar-refractivity contribution in [3.05, 3.63) is 0 Å². The third kappa shape index (κ3) is 4.61. The molecule has 1 aliphatic rings. The number of aldehydes is 1. The van der Waals surface area contributed by atoms with Gasteiger partial charge >= 0.3 is 0 Å². The van der Waals surface area contributed by atoms with E-state index in [0.717, 1.165) is 6.29 Å². The molecule has 0 amide bonds. The summed E-state index contributed by atoms with van der Waals surface area (Å²) in [6.07, 6.45) is -0.157. The summed E-state index contributed by atoms with van der Waals surface area (Å²) in [5.74, 6) is 0. The summed E-state index contributed by atoms with van der Waals surface area (Å²) in [6.45, 7) is 22.2. The zero-order valence-corrected chi connectivity index (χ0v) is 19.5. The van der Waals surface area contributed by atoms with Crippen molar-refractivity contribution in [2.24, 2.45) is 0 Å². The number of carbonyl (C=O) groups excluding carboxylic acids is 1. The van der Waals surface area contributed by atoms with Crippen LogP contribution >= 0.6 is 0 Å². The first-order valence-electron chi connectivity index (χ1n) is 9.00. The molecule has 1 heterocycles. The quantitative estimate of drug-likeness (QED) is 0.549. The lowest BCUT2D eigenvalue weighted by Crippen LogP contribution is -2.54. The van der Waals surface area contributed by atoms with E-state index in [1.807, 2.05) is 7.85 Å². The number of ether oxygens (including phenoxy) is 1. The van der Waals surface area contributed by atoms with Crippen molar-refractivity contribution in [3.63, 3.8) is 0 Å². The molecule has 0 aromatic rings. The zero-order chi connectivity index (χ0) is 19.1. The van der Waals surface area contributed by atoms with Crippen molar-refractivity contribution in [1.82, 2.24) is 0 Å². The molecule has 0 bridgehead atoms. The highest BCUT2D eigenvalue weighted by Gasteiger charge is 2.52. The summed E-state index contributed by atoms with van der Waals surface area (Å²) in [5.41, 5.74) is 0. The Morgan fingerprint density at radius 3 is 1.58 bits per heavy atom. The average molecular weight is 372 g/mol. The molecule has 1 fully saturated rings. The van der Waals surface area contributed by atoms with Gasteiger partial charge in [0, 0.05) is 0 Å². The van der Waals surface area contributed by atoms with Gasteiger partial charge in [-0.05, 0) is 36.3 Å². The molecular weight excluding hydrogens is 335 g/mol. The Labute approximate surface area is 151 Å². The van der Waals surface area contributed by atoms with Crippen LogP contribution in [0.1, 0.15) is 41.5 Å². The fraction of sp³-hybridized carbons (Fsp3) is 0.941. The average Bonchev–Trinajstić information content (AvgIpc) is 2.63. The molecule has 0 aromatic carbocycles. The Hall–Kier alpha value is 0.0487. The first-order chi connectivity index (χ1) is 10.5. The van der Waals surface area contributed by atoms with E-state index < -0.39 is 22.7 Å². The van der Waals surface area contributed by atoms with Gasteiger partial charge in [-0.15, -0.1) is 0 Å². The number of rotatable bonds is 5. The van der Waals surface area contributed by atoms with E-state index in [-0.39, 0.29) is 28.3 Å². The van der Waals surface area contributed by atoms with Crippen LogP contribution < -0.4 is 0 Å². The SMILES string of the molecule is B[C@@H]1O[C@H](C=O)[C@@H](O[Si](C)(C)C(C)(C)C)[C@H]1O[Si](C)(C)C(C)(C)C. The van der Waals surface area contributed by atoms with Crippen LogP contribution in [-0.2, 0) is 18.4 Å². The third-order valence-electron chi connectivity index (χ3n) is 6.09. The largest absolute Gasteiger partial charge is 0.409 e. The van der Waals surface area contributed by atoms with Crippen molar-refractivity contribution in [3.8, 4) is 0 Å². The normalized spacial score (nSPS) is 29.8. The fourth-order valence-electron chi connectivity index (χ4n) is 2.30. The second-order valence-corrected chi connectivity index (χ2v) is 19.6. The van der Waals surface area contributed by atoms with E-state index in [1.165, 1.54) is 0 Å². The van der Waals surface area contributed by atoms with Crippen LogP contribution in [0.5, 0.6) is 0 Å². The summed E-state index contributed by atoms with van der Waals surface area (Å²) < 4.78 is 19.1. The highest BCUT2D eigenvalue weighted by atomic mass is 28.4. The van der Waals surface area contributed by atoms with Crippen LogP contribution in [0.4, 0.5) is 0 Å². The van der Waals surface area contributed by atoms with Crippen LogP contribution in [0.15, 0.2) is 0 Å². The summed E-state index contributed by atoms with van der Waals surface area (Å²) in [6, 6.07) is -0.135. The first-order valence-corrected chi connectivity index (χ1v) is 14.8. The summed E-state index contributed by atoms with van der Waals surface area (Å²) in [7, 11) is -2.01. The Kier molecular flexibility index (Phi) is 6.43. The Balaban J connectivity index is 3.10. The molecule has 0 radical (unpaired) electrons. The van der Waals surface area contributed by atoms with E-state index in [9.17, 15) is 4.79 Å². The molecule has 0 aromatic heterocycles. The van der Waals surface area contributed by atoms with Gasteiger partial charge < -0.3 is 18.4 Å². The molecule has 140 valence electrons. The van der Waals surface area contributed by atoms with Gasteiger partial charge in [0.2, 0.25) is 0 Å². The number of hydrogen-bond donors (Lipinski definition) is 0. The number of hydrogen-bond acceptors (Lipinski definition) is 4. The van der Waals surface area contributed by atoms with Crippen LogP contribution in [0.3, 0.4) is 0 Å². The summed E-state index contributed by atoms with van der Waals surface area (Å²) >= 11 is 0. The van der Waals surface area contributed by atoms with E-state index in [1.54, 1.807) is 0 Å². The van der Waals surface area contributed by atoms with Gasteiger partial charge in [0.1, 0.15) is 20.1 Å². The molecule has 7 heteroatoms. The molecular formula is C17H37BO4Si2. The molecule has 0 spiro atoms. The molecule has 1 saturated heterocycles. The van der Waals surface area contributed by atoms with Crippen LogP contribution in [0.2, 0.25) is 36.3 Å². The molecule has 4 atom stereocenters. The maximum atomic E-state index is 11.6. The lowest BCUT2D eigenvalue weighted by molar-refractivity contribution is -0.119. The Morgan fingerprint density at radius 1 is 0.875 bits per heavy atom. The molecule has 0 N–H and O–H groups in total. The van der Waals surface area contributed by atoms with Crippen molar-refractivity contribution >= 4 is 30.8 Å². The highest BCUT2D eigenvalue weighted by molar-refractivity contribution is 6.74. The monoisotopic (exact) mass is 372 g/mol. The highest BCUT2D eigenvalue weighted by Crippen LogP contribution is 2.42. The molecule has 0 aliphatic carbocycles. The van der Waals surface area contributed by atoms with E-state index in [2.05, 4.69) is 67.7 Å². The van der Waals surface area contributed by atoms with Gasteiger partial charge in [0.05, 0.1) is 12.1 Å². The van der Waals surface area contributed by atoms with Gasteiger partial charge in [0.15, 0.2) is 22.9 Å². The maximum absolute atomic E-state index is 11.6. The summed E-state index contributed by atoms with van der Waals surface area (Å²) in [4.78, 5) is 11.6. The molecule has 0 unspecified atom stereocenters. The molecule has 24 heavy (non-hydrogen) atoms. The molecule has 1 rings (SSSR count). The summed E-state index contributed by atoms with van der Waals surface area (Å²) in [5, 5.41) is 0.182. The van der Waals surface area contributed by atoms with Crippen molar-refractivity contribution in [2.45, 2.75) is 102 Å². The standard InChI is InChI=1S/C17H37BO4Si2/c1-16(2,3)23(7,8)21-13-12(11-19)20-15(18)14(13)22-24(9,10)17(4,5)6/h11-15H,18H2,1-10H3/t12-,13-,14-,15-/m1/s1. The van der Waals surface area contributed by atoms with E-state index >= 15 is 0 Å². The molecule has 0 saturated carbocycles. The third-order valence-corrected chi connectivity index (χ3v) is 15.0. The predicted octanol–water partition coefficient (Wildman–Crippen LogP) is 3.32. The predicted molar refractivity (Wildman–Crippen MR) is 107 cm³/mol. The van der Waals surface area contributed by atoms with E-state index in [0.29, 0.717) is 0 Å². The van der Waals surface area contributed by atoms with Crippen molar-refractivity contribution in [1.29, 1.82) is 0 Å². The van der Waals surface area contributed by atoms with Gasteiger partial charge in [-0.2, -0.15) is 0 Å². The second kappa shape index (κ2) is 6.99. The van der Waals surface area contributed by atoms with Crippen LogP contribution in [0, 0.1) is 0 Å². The lowest BCUT2D eigenvalue weighted by Gasteiger charge is -2.43. The maximum Gasteiger partial charge on any atom is 0.192 e. The molecule has 4 nitrogen and oxygen atoms in total. The fourth-order valence-corrected chi connectivity index (χ4v) is 4.96. The topological polar surface area (TPSA) is 44.8 Å².